The second-order valence-corrected chi connectivity index (χ2v) is 9.07. The number of fused-ring (bicyclic) bond motifs is 3. The number of alkyl halides is 3. The van der Waals surface area contributed by atoms with Gasteiger partial charge in [-0.3, -0.25) is 14.3 Å². The Hall–Kier alpha value is -4.51. The summed E-state index contributed by atoms with van der Waals surface area (Å²) in [6.07, 6.45) is 0.176. The van der Waals surface area contributed by atoms with Gasteiger partial charge in [0.25, 0.3) is 5.56 Å². The Morgan fingerprint density at radius 3 is 2.37 bits per heavy atom. The van der Waals surface area contributed by atoms with E-state index in [0.717, 1.165) is 11.6 Å². The zero-order valence-corrected chi connectivity index (χ0v) is 20.0. The molecule has 0 aliphatic carbocycles. The molecule has 0 spiro atoms. The molecule has 192 valence electrons. The van der Waals surface area contributed by atoms with Crippen molar-refractivity contribution in [3.8, 4) is 16.8 Å². The van der Waals surface area contributed by atoms with E-state index in [4.69, 9.17) is 5.73 Å². The van der Waals surface area contributed by atoms with Gasteiger partial charge in [0.1, 0.15) is 0 Å². The SMILES string of the molecule is Nc1ncc(-c2ccc3ncc4ccc(=O)n(-c5ccc(N6CCNCC6)c(C(F)(F)F)c5)c4c3c2)cn1. The van der Waals surface area contributed by atoms with Crippen LogP contribution in [0.3, 0.4) is 0 Å². The zero-order valence-electron chi connectivity index (χ0n) is 20.0. The van der Waals surface area contributed by atoms with Crippen molar-refractivity contribution < 1.29 is 13.2 Å². The summed E-state index contributed by atoms with van der Waals surface area (Å²) < 4.78 is 44.1. The van der Waals surface area contributed by atoms with Crippen molar-refractivity contribution in [1.29, 1.82) is 0 Å². The highest BCUT2D eigenvalue weighted by molar-refractivity contribution is 6.05. The molecule has 3 aromatic heterocycles. The summed E-state index contributed by atoms with van der Waals surface area (Å²) in [5.74, 6) is 0.139. The maximum absolute atomic E-state index is 14.3. The lowest BCUT2D eigenvalue weighted by atomic mass is 10.0. The second kappa shape index (κ2) is 9.10. The molecule has 11 heteroatoms. The molecule has 2 aromatic carbocycles. The third kappa shape index (κ3) is 4.20. The van der Waals surface area contributed by atoms with Crippen molar-refractivity contribution >= 4 is 33.4 Å². The molecular formula is C27H22F3N7O. The third-order valence-corrected chi connectivity index (χ3v) is 6.72. The molecule has 1 saturated heterocycles. The average molecular weight is 518 g/mol. The van der Waals surface area contributed by atoms with E-state index >= 15 is 0 Å². The monoisotopic (exact) mass is 517 g/mol. The van der Waals surface area contributed by atoms with E-state index in [0.29, 0.717) is 53.5 Å². The molecule has 3 N–H and O–H groups in total. The van der Waals surface area contributed by atoms with E-state index < -0.39 is 17.3 Å². The number of hydrogen-bond donors (Lipinski definition) is 2. The Morgan fingerprint density at radius 1 is 0.868 bits per heavy atom. The molecule has 1 fully saturated rings. The maximum atomic E-state index is 14.3. The standard InChI is InChI=1S/C27H22F3N7O/c28-27(29,30)21-12-19(3-5-23(21)36-9-7-32-8-10-36)37-24(38)6-2-17-13-33-22-4-1-16(11-20(22)25(17)37)18-14-34-26(31)35-15-18/h1-6,11-15,32H,7-10H2,(H2,31,34,35). The van der Waals surface area contributed by atoms with Gasteiger partial charge in [0.2, 0.25) is 5.95 Å². The van der Waals surface area contributed by atoms with Crippen LogP contribution < -0.4 is 21.5 Å². The van der Waals surface area contributed by atoms with Gasteiger partial charge in [0.15, 0.2) is 0 Å². The number of aromatic nitrogens is 4. The van der Waals surface area contributed by atoms with Crippen LogP contribution in [-0.4, -0.2) is 45.7 Å². The molecule has 0 amide bonds. The van der Waals surface area contributed by atoms with E-state index in [2.05, 4.69) is 20.3 Å². The Balaban J connectivity index is 1.60. The maximum Gasteiger partial charge on any atom is 0.418 e. The zero-order chi connectivity index (χ0) is 26.4. The van der Waals surface area contributed by atoms with Gasteiger partial charge in [-0.1, -0.05) is 6.07 Å². The Kier molecular flexibility index (Phi) is 5.72. The second-order valence-electron chi connectivity index (χ2n) is 9.07. The van der Waals surface area contributed by atoms with Crippen molar-refractivity contribution in [2.24, 2.45) is 0 Å². The van der Waals surface area contributed by atoms with Crippen LogP contribution >= 0.6 is 0 Å². The molecule has 0 unspecified atom stereocenters. The molecule has 5 aromatic rings. The summed E-state index contributed by atoms with van der Waals surface area (Å²) in [4.78, 5) is 27.5. The minimum Gasteiger partial charge on any atom is -0.368 e. The molecular weight excluding hydrogens is 495 g/mol. The first kappa shape index (κ1) is 23.9. The smallest absolute Gasteiger partial charge is 0.368 e. The Bertz CT molecular complexity index is 1730. The van der Waals surface area contributed by atoms with Crippen LogP contribution in [0.15, 0.2) is 71.9 Å². The summed E-state index contributed by atoms with van der Waals surface area (Å²) in [7, 11) is 0. The lowest BCUT2D eigenvalue weighted by Crippen LogP contribution is -2.44. The molecule has 0 atom stereocenters. The van der Waals surface area contributed by atoms with E-state index in [1.807, 2.05) is 12.1 Å². The third-order valence-electron chi connectivity index (χ3n) is 6.72. The van der Waals surface area contributed by atoms with Gasteiger partial charge in [-0.2, -0.15) is 13.2 Å². The predicted octanol–water partition coefficient (Wildman–Crippen LogP) is 4.01. The van der Waals surface area contributed by atoms with E-state index in [-0.39, 0.29) is 17.3 Å². The Labute approximate surface area is 214 Å². The van der Waals surface area contributed by atoms with E-state index in [9.17, 15) is 18.0 Å². The van der Waals surface area contributed by atoms with Gasteiger partial charge in [0, 0.05) is 72.9 Å². The van der Waals surface area contributed by atoms with Gasteiger partial charge in [-0.15, -0.1) is 0 Å². The highest BCUT2D eigenvalue weighted by atomic mass is 19.4. The number of rotatable bonds is 3. The quantitative estimate of drug-likeness (QED) is 0.349. The number of nitrogens with two attached hydrogens (primary N) is 1. The fourth-order valence-electron chi connectivity index (χ4n) is 4.91. The molecule has 38 heavy (non-hydrogen) atoms. The number of nitrogen functional groups attached to an aromatic ring is 1. The number of halogens is 3. The van der Waals surface area contributed by atoms with E-state index in [1.165, 1.54) is 16.7 Å². The lowest BCUT2D eigenvalue weighted by Gasteiger charge is -2.32. The van der Waals surface area contributed by atoms with Crippen LogP contribution in [0.5, 0.6) is 0 Å². The first-order valence-corrected chi connectivity index (χ1v) is 12.0. The summed E-state index contributed by atoms with van der Waals surface area (Å²) in [6.45, 7) is 2.12. The number of benzene rings is 2. The lowest BCUT2D eigenvalue weighted by molar-refractivity contribution is -0.137. The molecule has 4 heterocycles. The fraction of sp³-hybridized carbons (Fsp3) is 0.185. The van der Waals surface area contributed by atoms with Crippen LogP contribution in [0.25, 0.3) is 38.6 Å². The van der Waals surface area contributed by atoms with Crippen molar-refractivity contribution in [3.05, 3.63) is 83.0 Å². The molecule has 0 radical (unpaired) electrons. The van der Waals surface area contributed by atoms with Gasteiger partial charge in [-0.05, 0) is 42.0 Å². The van der Waals surface area contributed by atoms with Crippen molar-refractivity contribution in [2.45, 2.75) is 6.18 Å². The molecule has 1 aliphatic rings. The van der Waals surface area contributed by atoms with Crippen LogP contribution in [0.2, 0.25) is 0 Å². The first-order valence-electron chi connectivity index (χ1n) is 12.0. The summed E-state index contributed by atoms with van der Waals surface area (Å²) in [5, 5.41) is 4.37. The van der Waals surface area contributed by atoms with Crippen LogP contribution in [0, 0.1) is 0 Å². The predicted molar refractivity (Wildman–Crippen MR) is 140 cm³/mol. The van der Waals surface area contributed by atoms with Gasteiger partial charge < -0.3 is 16.0 Å². The minimum atomic E-state index is -4.60. The number of nitrogens with zero attached hydrogens (tertiary/aromatic N) is 5. The average Bonchev–Trinajstić information content (AvgIpc) is 2.93. The molecule has 0 saturated carbocycles. The summed E-state index contributed by atoms with van der Waals surface area (Å²) in [5.41, 5.74) is 7.11. The number of piperazine rings is 1. The highest BCUT2D eigenvalue weighted by Gasteiger charge is 2.36. The molecule has 6 rings (SSSR count). The van der Waals surface area contributed by atoms with Crippen molar-refractivity contribution in [1.82, 2.24) is 24.8 Å². The highest BCUT2D eigenvalue weighted by Crippen LogP contribution is 2.39. The van der Waals surface area contributed by atoms with Gasteiger partial charge in [-0.25, -0.2) is 9.97 Å². The fourth-order valence-corrected chi connectivity index (χ4v) is 4.91. The Morgan fingerprint density at radius 2 is 1.63 bits per heavy atom. The topological polar surface area (TPSA) is 102 Å². The van der Waals surface area contributed by atoms with E-state index in [1.54, 1.807) is 41.7 Å². The first-order chi connectivity index (χ1) is 18.3. The summed E-state index contributed by atoms with van der Waals surface area (Å²) in [6, 6.07) is 12.5. The number of hydrogen-bond acceptors (Lipinski definition) is 7. The number of pyridine rings is 2. The van der Waals surface area contributed by atoms with Crippen LogP contribution in [-0.2, 0) is 6.18 Å². The minimum absolute atomic E-state index is 0.105. The van der Waals surface area contributed by atoms with Crippen LogP contribution in [0.1, 0.15) is 5.56 Å². The molecule has 0 bridgehead atoms. The van der Waals surface area contributed by atoms with Crippen molar-refractivity contribution in [2.75, 3.05) is 36.8 Å². The largest absolute Gasteiger partial charge is 0.418 e. The number of anilines is 2. The number of nitrogens with one attached hydrogen (secondary N) is 1. The summed E-state index contributed by atoms with van der Waals surface area (Å²) >= 11 is 0. The normalized spacial score (nSPS) is 14.3. The molecule has 1 aliphatic heterocycles. The van der Waals surface area contributed by atoms with Gasteiger partial charge >= 0.3 is 6.18 Å². The van der Waals surface area contributed by atoms with Gasteiger partial charge in [0.05, 0.1) is 22.3 Å². The van der Waals surface area contributed by atoms with Crippen molar-refractivity contribution in [3.63, 3.8) is 0 Å². The van der Waals surface area contributed by atoms with Crippen LogP contribution in [0.4, 0.5) is 24.8 Å². The molecule has 8 nitrogen and oxygen atoms in total.